The van der Waals surface area contributed by atoms with E-state index in [9.17, 15) is 4.79 Å². The molecule has 1 N–H and O–H groups in total. The van der Waals surface area contributed by atoms with Gasteiger partial charge < -0.3 is 14.8 Å². The summed E-state index contributed by atoms with van der Waals surface area (Å²) < 4.78 is 10.8. The number of carbonyl (C=O) groups excluding carboxylic acids is 1. The van der Waals surface area contributed by atoms with Gasteiger partial charge >= 0.3 is 5.97 Å². The maximum absolute atomic E-state index is 11.6. The van der Waals surface area contributed by atoms with Gasteiger partial charge in [0.1, 0.15) is 5.75 Å². The van der Waals surface area contributed by atoms with Crippen LogP contribution in [-0.2, 0) is 11.3 Å². The van der Waals surface area contributed by atoms with Gasteiger partial charge in [-0.2, -0.15) is 0 Å². The smallest absolute Gasteiger partial charge is 0.338 e. The van der Waals surface area contributed by atoms with Crippen molar-refractivity contribution in [2.75, 3.05) is 11.9 Å². The predicted molar refractivity (Wildman–Crippen MR) is 91.9 cm³/mol. The second kappa shape index (κ2) is 8.22. The molecule has 0 aliphatic carbocycles. The second-order valence-corrected chi connectivity index (χ2v) is 5.43. The standard InChI is InChI=1S/C19H23NO3/c1-4-22-19(21)15-9-11-17(12-10-15)20-13-16-7-5-6-8-18(16)23-14(2)3/h5-12,14,20H,4,13H2,1-3H3. The Kier molecular flexibility index (Phi) is 6.03. The Bertz CT molecular complexity index is 635. The quantitative estimate of drug-likeness (QED) is 0.776. The molecule has 0 saturated heterocycles. The molecule has 0 aliphatic rings. The predicted octanol–water partition coefficient (Wildman–Crippen LogP) is 4.26. The first kappa shape index (κ1) is 16.9. The molecule has 0 heterocycles. The highest BCUT2D eigenvalue weighted by molar-refractivity contribution is 5.89. The van der Waals surface area contributed by atoms with Gasteiger partial charge in [0, 0.05) is 17.8 Å². The van der Waals surface area contributed by atoms with Gasteiger partial charge in [0.05, 0.1) is 18.3 Å². The molecule has 122 valence electrons. The summed E-state index contributed by atoms with van der Waals surface area (Å²) in [4.78, 5) is 11.6. The highest BCUT2D eigenvalue weighted by Gasteiger charge is 2.07. The van der Waals surface area contributed by atoms with Crippen molar-refractivity contribution in [1.82, 2.24) is 0 Å². The minimum absolute atomic E-state index is 0.139. The Morgan fingerprint density at radius 2 is 1.78 bits per heavy atom. The van der Waals surface area contributed by atoms with Crippen molar-refractivity contribution < 1.29 is 14.3 Å². The van der Waals surface area contributed by atoms with E-state index in [-0.39, 0.29) is 12.1 Å². The van der Waals surface area contributed by atoms with E-state index in [2.05, 4.69) is 5.32 Å². The molecule has 0 unspecified atom stereocenters. The number of anilines is 1. The fourth-order valence-electron chi connectivity index (χ4n) is 2.15. The lowest BCUT2D eigenvalue weighted by molar-refractivity contribution is 0.0526. The van der Waals surface area contributed by atoms with Crippen LogP contribution in [0.2, 0.25) is 0 Å². The summed E-state index contributed by atoms with van der Waals surface area (Å²) in [6.07, 6.45) is 0.139. The van der Waals surface area contributed by atoms with Crippen LogP contribution in [0.25, 0.3) is 0 Å². The molecule has 0 spiro atoms. The number of nitrogens with one attached hydrogen (secondary N) is 1. The number of hydrogen-bond donors (Lipinski definition) is 1. The van der Waals surface area contributed by atoms with E-state index in [4.69, 9.17) is 9.47 Å². The van der Waals surface area contributed by atoms with Gasteiger partial charge in [-0.1, -0.05) is 18.2 Å². The molecular formula is C19H23NO3. The van der Waals surface area contributed by atoms with Gasteiger partial charge in [-0.05, 0) is 51.1 Å². The first-order valence-electron chi connectivity index (χ1n) is 7.85. The molecule has 23 heavy (non-hydrogen) atoms. The first-order valence-corrected chi connectivity index (χ1v) is 7.85. The van der Waals surface area contributed by atoms with Crippen LogP contribution in [0, 0.1) is 0 Å². The molecule has 2 aromatic rings. The molecule has 0 amide bonds. The number of ether oxygens (including phenoxy) is 2. The van der Waals surface area contributed by atoms with Gasteiger partial charge in [0.15, 0.2) is 0 Å². The molecular weight excluding hydrogens is 290 g/mol. The van der Waals surface area contributed by atoms with Crippen LogP contribution in [0.3, 0.4) is 0 Å². The number of benzene rings is 2. The lowest BCUT2D eigenvalue weighted by Gasteiger charge is -2.15. The highest BCUT2D eigenvalue weighted by Crippen LogP contribution is 2.21. The number of rotatable bonds is 7. The minimum Gasteiger partial charge on any atom is -0.491 e. The molecule has 0 bridgehead atoms. The lowest BCUT2D eigenvalue weighted by atomic mass is 10.1. The lowest BCUT2D eigenvalue weighted by Crippen LogP contribution is -2.09. The SMILES string of the molecule is CCOC(=O)c1ccc(NCc2ccccc2OC(C)C)cc1. The van der Waals surface area contributed by atoms with Crippen LogP contribution in [0.1, 0.15) is 36.7 Å². The van der Waals surface area contributed by atoms with Crippen LogP contribution < -0.4 is 10.1 Å². The summed E-state index contributed by atoms with van der Waals surface area (Å²) in [6, 6.07) is 15.2. The third-order valence-corrected chi connectivity index (χ3v) is 3.21. The van der Waals surface area contributed by atoms with E-state index >= 15 is 0 Å². The Morgan fingerprint density at radius 1 is 1.09 bits per heavy atom. The molecule has 2 aromatic carbocycles. The van der Waals surface area contributed by atoms with Gasteiger partial charge in [-0.3, -0.25) is 0 Å². The molecule has 2 rings (SSSR count). The van der Waals surface area contributed by atoms with Gasteiger partial charge in [0.25, 0.3) is 0 Å². The third-order valence-electron chi connectivity index (χ3n) is 3.21. The molecule has 0 saturated carbocycles. The minimum atomic E-state index is -0.297. The number of esters is 1. The summed E-state index contributed by atoms with van der Waals surface area (Å²) in [7, 11) is 0. The second-order valence-electron chi connectivity index (χ2n) is 5.43. The molecule has 0 radical (unpaired) electrons. The van der Waals surface area contributed by atoms with Crippen molar-refractivity contribution in [2.24, 2.45) is 0 Å². The Morgan fingerprint density at radius 3 is 2.43 bits per heavy atom. The Balaban J connectivity index is 2.00. The molecule has 0 atom stereocenters. The Hall–Kier alpha value is -2.49. The van der Waals surface area contributed by atoms with E-state index in [0.717, 1.165) is 17.0 Å². The topological polar surface area (TPSA) is 47.6 Å². The number of hydrogen-bond acceptors (Lipinski definition) is 4. The van der Waals surface area contributed by atoms with E-state index < -0.39 is 0 Å². The number of carbonyl (C=O) groups is 1. The van der Waals surface area contributed by atoms with E-state index in [1.54, 1.807) is 19.1 Å². The zero-order valence-corrected chi connectivity index (χ0v) is 13.8. The number of para-hydroxylation sites is 1. The third kappa shape index (κ3) is 5.02. The van der Waals surface area contributed by atoms with Gasteiger partial charge in [-0.25, -0.2) is 4.79 Å². The van der Waals surface area contributed by atoms with E-state index in [1.807, 2.05) is 50.2 Å². The van der Waals surface area contributed by atoms with Crippen molar-refractivity contribution in [2.45, 2.75) is 33.4 Å². The molecule has 0 fully saturated rings. The summed E-state index contributed by atoms with van der Waals surface area (Å²) in [5.41, 5.74) is 2.59. The van der Waals surface area contributed by atoms with E-state index in [0.29, 0.717) is 18.7 Å². The largest absolute Gasteiger partial charge is 0.491 e. The van der Waals surface area contributed by atoms with Crippen molar-refractivity contribution in [3.8, 4) is 5.75 Å². The average molecular weight is 313 g/mol. The maximum atomic E-state index is 11.6. The van der Waals surface area contributed by atoms with Crippen molar-refractivity contribution in [3.63, 3.8) is 0 Å². The summed E-state index contributed by atoms with van der Waals surface area (Å²) >= 11 is 0. The summed E-state index contributed by atoms with van der Waals surface area (Å²) in [5, 5.41) is 3.34. The van der Waals surface area contributed by atoms with Gasteiger partial charge in [0.2, 0.25) is 0 Å². The molecule has 0 aromatic heterocycles. The van der Waals surface area contributed by atoms with Crippen LogP contribution in [0.5, 0.6) is 5.75 Å². The van der Waals surface area contributed by atoms with E-state index in [1.165, 1.54) is 0 Å². The first-order chi connectivity index (χ1) is 11.1. The molecule has 0 aliphatic heterocycles. The van der Waals surface area contributed by atoms with Crippen LogP contribution in [0.15, 0.2) is 48.5 Å². The van der Waals surface area contributed by atoms with Crippen LogP contribution in [0.4, 0.5) is 5.69 Å². The van der Waals surface area contributed by atoms with Crippen molar-refractivity contribution in [1.29, 1.82) is 0 Å². The average Bonchev–Trinajstić information content (AvgIpc) is 2.54. The summed E-state index contributed by atoms with van der Waals surface area (Å²) in [5.74, 6) is 0.591. The van der Waals surface area contributed by atoms with Gasteiger partial charge in [-0.15, -0.1) is 0 Å². The molecule has 4 nitrogen and oxygen atoms in total. The zero-order chi connectivity index (χ0) is 16.7. The Labute approximate surface area is 137 Å². The zero-order valence-electron chi connectivity index (χ0n) is 13.8. The molecule has 4 heteroatoms. The normalized spacial score (nSPS) is 10.4. The highest BCUT2D eigenvalue weighted by atomic mass is 16.5. The monoisotopic (exact) mass is 313 g/mol. The van der Waals surface area contributed by atoms with Crippen LogP contribution in [-0.4, -0.2) is 18.7 Å². The van der Waals surface area contributed by atoms with Crippen LogP contribution >= 0.6 is 0 Å². The fourth-order valence-corrected chi connectivity index (χ4v) is 2.15. The summed E-state index contributed by atoms with van der Waals surface area (Å²) in [6.45, 7) is 6.86. The van der Waals surface area contributed by atoms with Crippen molar-refractivity contribution >= 4 is 11.7 Å². The fraction of sp³-hybridized carbons (Fsp3) is 0.316. The van der Waals surface area contributed by atoms with Crippen molar-refractivity contribution in [3.05, 3.63) is 59.7 Å². The maximum Gasteiger partial charge on any atom is 0.338 e.